The van der Waals surface area contributed by atoms with Crippen molar-refractivity contribution in [2.75, 3.05) is 13.2 Å². The smallest absolute Gasteiger partial charge is 0.0969 e. The number of hydrogen-bond acceptors (Lipinski definition) is 4. The highest BCUT2D eigenvalue weighted by Gasteiger charge is 2.16. The zero-order valence-electron chi connectivity index (χ0n) is 12.3. The molecule has 1 heterocycles. The molecule has 0 bridgehead atoms. The minimum absolute atomic E-state index is 0.163. The number of rotatable bonds is 7. The topological polar surface area (TPSA) is 52.0 Å². The van der Waals surface area contributed by atoms with Crippen molar-refractivity contribution in [2.24, 2.45) is 0 Å². The van der Waals surface area contributed by atoms with Crippen molar-refractivity contribution in [2.45, 2.75) is 32.9 Å². The lowest BCUT2D eigenvalue weighted by Gasteiger charge is -2.24. The summed E-state index contributed by atoms with van der Waals surface area (Å²) >= 11 is 0. The molecule has 2 aromatic rings. The molecule has 5 nitrogen and oxygen atoms in total. The Morgan fingerprint density at radius 2 is 2.00 bits per heavy atom. The molecule has 0 radical (unpaired) electrons. The second kappa shape index (κ2) is 6.63. The highest BCUT2D eigenvalue weighted by molar-refractivity contribution is 5.28. The quantitative estimate of drug-likeness (QED) is 0.840. The molecule has 0 saturated carbocycles. The number of aromatic nitrogens is 3. The Bertz CT molecular complexity index is 522. The third-order valence-corrected chi connectivity index (χ3v) is 2.92. The third-order valence-electron chi connectivity index (χ3n) is 2.92. The number of benzene rings is 1. The summed E-state index contributed by atoms with van der Waals surface area (Å²) in [5.41, 5.74) is 1.72. The maximum Gasteiger partial charge on any atom is 0.0969 e. The van der Waals surface area contributed by atoms with Gasteiger partial charge >= 0.3 is 0 Å². The lowest BCUT2D eigenvalue weighted by atomic mass is 10.1. The van der Waals surface area contributed by atoms with E-state index in [1.165, 1.54) is 0 Å². The summed E-state index contributed by atoms with van der Waals surface area (Å²) in [7, 11) is 0. The maximum absolute atomic E-state index is 5.64. The molecule has 2 rings (SSSR count). The van der Waals surface area contributed by atoms with Gasteiger partial charge in [0.1, 0.15) is 0 Å². The van der Waals surface area contributed by atoms with Crippen LogP contribution in [0.3, 0.4) is 0 Å². The maximum atomic E-state index is 5.64. The minimum Gasteiger partial charge on any atom is -0.375 e. The normalized spacial score (nSPS) is 11.8. The number of ether oxygens (including phenoxy) is 1. The van der Waals surface area contributed by atoms with Crippen molar-refractivity contribution in [3.8, 4) is 5.69 Å². The molecule has 1 aromatic heterocycles. The Labute approximate surface area is 120 Å². The number of nitrogens with one attached hydrogen (secondary N) is 1. The van der Waals surface area contributed by atoms with Crippen LogP contribution in [-0.2, 0) is 11.3 Å². The van der Waals surface area contributed by atoms with Gasteiger partial charge in [-0.3, -0.25) is 0 Å². The zero-order chi connectivity index (χ0) is 14.4. The molecule has 0 saturated heterocycles. The molecule has 0 spiro atoms. The molecular weight excluding hydrogens is 252 g/mol. The monoisotopic (exact) mass is 274 g/mol. The summed E-state index contributed by atoms with van der Waals surface area (Å²) in [6.45, 7) is 8.34. The van der Waals surface area contributed by atoms with Crippen LogP contribution in [0.2, 0.25) is 0 Å². The van der Waals surface area contributed by atoms with E-state index in [2.05, 4.69) is 29.4 Å². The molecule has 0 fully saturated rings. The highest BCUT2D eigenvalue weighted by Crippen LogP contribution is 2.08. The first-order chi connectivity index (χ1) is 9.61. The molecule has 20 heavy (non-hydrogen) atoms. The fourth-order valence-electron chi connectivity index (χ4n) is 1.99. The molecule has 1 N–H and O–H groups in total. The van der Waals surface area contributed by atoms with Gasteiger partial charge in [0.2, 0.25) is 0 Å². The van der Waals surface area contributed by atoms with E-state index in [9.17, 15) is 0 Å². The average molecular weight is 274 g/mol. The van der Waals surface area contributed by atoms with E-state index in [4.69, 9.17) is 4.74 Å². The second-order valence-electron chi connectivity index (χ2n) is 5.26. The van der Waals surface area contributed by atoms with Gasteiger partial charge in [-0.05, 0) is 32.9 Å². The van der Waals surface area contributed by atoms with E-state index in [1.807, 2.05) is 37.3 Å². The molecule has 0 aliphatic rings. The summed E-state index contributed by atoms with van der Waals surface area (Å²) < 4.78 is 5.64. The van der Waals surface area contributed by atoms with Crippen molar-refractivity contribution >= 4 is 0 Å². The molecule has 0 unspecified atom stereocenters. The molecule has 108 valence electrons. The van der Waals surface area contributed by atoms with Crippen molar-refractivity contribution in [3.63, 3.8) is 0 Å². The largest absolute Gasteiger partial charge is 0.375 e. The van der Waals surface area contributed by atoms with Crippen LogP contribution in [0.15, 0.2) is 36.5 Å². The number of nitrogens with zero attached hydrogens (tertiary/aromatic N) is 3. The summed E-state index contributed by atoms with van der Waals surface area (Å²) in [6, 6.07) is 9.89. The van der Waals surface area contributed by atoms with Gasteiger partial charge < -0.3 is 10.1 Å². The van der Waals surface area contributed by atoms with Gasteiger partial charge in [-0.2, -0.15) is 15.0 Å². The first-order valence-electron chi connectivity index (χ1n) is 6.92. The van der Waals surface area contributed by atoms with Gasteiger partial charge in [-0.1, -0.05) is 18.2 Å². The lowest BCUT2D eigenvalue weighted by Crippen LogP contribution is -2.37. The van der Waals surface area contributed by atoms with Crippen LogP contribution in [0.5, 0.6) is 0 Å². The molecule has 0 aliphatic carbocycles. The average Bonchev–Trinajstić information content (AvgIpc) is 2.88. The predicted molar refractivity (Wildman–Crippen MR) is 78.8 cm³/mol. The first-order valence-corrected chi connectivity index (χ1v) is 6.92. The van der Waals surface area contributed by atoms with E-state index < -0.39 is 0 Å². The highest BCUT2D eigenvalue weighted by atomic mass is 16.5. The van der Waals surface area contributed by atoms with Crippen LogP contribution < -0.4 is 5.32 Å². The Balaban J connectivity index is 1.88. The van der Waals surface area contributed by atoms with Crippen LogP contribution in [0.25, 0.3) is 5.69 Å². The molecule has 0 atom stereocenters. The van der Waals surface area contributed by atoms with E-state index >= 15 is 0 Å². The fraction of sp³-hybridized carbons (Fsp3) is 0.467. The van der Waals surface area contributed by atoms with E-state index in [1.54, 1.807) is 11.0 Å². The molecule has 0 amide bonds. The lowest BCUT2D eigenvalue weighted by molar-refractivity contribution is -0.00902. The molecule has 1 aromatic carbocycles. The van der Waals surface area contributed by atoms with Crippen molar-refractivity contribution < 1.29 is 4.74 Å². The second-order valence-corrected chi connectivity index (χ2v) is 5.26. The van der Waals surface area contributed by atoms with E-state index in [-0.39, 0.29) is 5.60 Å². The molecule has 0 aliphatic heterocycles. The van der Waals surface area contributed by atoms with Crippen LogP contribution >= 0.6 is 0 Å². The van der Waals surface area contributed by atoms with Gasteiger partial charge in [0.05, 0.1) is 23.2 Å². The fourth-order valence-corrected chi connectivity index (χ4v) is 1.99. The van der Waals surface area contributed by atoms with Crippen LogP contribution in [-0.4, -0.2) is 33.7 Å². The number of hydrogen-bond donors (Lipinski definition) is 1. The molecular formula is C15H22N4O. The van der Waals surface area contributed by atoms with Crippen molar-refractivity contribution in [1.29, 1.82) is 0 Å². The van der Waals surface area contributed by atoms with Crippen LogP contribution in [0, 0.1) is 0 Å². The standard InChI is InChI=1S/C15H22N4O/c1-4-20-15(2,3)12-16-10-13-11-17-19(18-13)14-8-6-5-7-9-14/h5-9,11,16H,4,10,12H2,1-3H3. The van der Waals surface area contributed by atoms with Gasteiger partial charge in [-0.15, -0.1) is 0 Å². The van der Waals surface area contributed by atoms with Gasteiger partial charge in [-0.25, -0.2) is 0 Å². The summed E-state index contributed by atoms with van der Waals surface area (Å²) in [5, 5.41) is 12.1. The SMILES string of the molecule is CCOC(C)(C)CNCc1cnn(-c2ccccc2)n1. The van der Waals surface area contributed by atoms with Crippen molar-refractivity contribution in [3.05, 3.63) is 42.2 Å². The van der Waals surface area contributed by atoms with Gasteiger partial charge in [0, 0.05) is 19.7 Å². The van der Waals surface area contributed by atoms with Crippen molar-refractivity contribution in [1.82, 2.24) is 20.3 Å². The number of para-hydroxylation sites is 1. The minimum atomic E-state index is -0.163. The summed E-state index contributed by atoms with van der Waals surface area (Å²) in [4.78, 5) is 1.64. The van der Waals surface area contributed by atoms with Gasteiger partial charge in [0.15, 0.2) is 0 Å². The van der Waals surface area contributed by atoms with E-state index in [0.29, 0.717) is 6.54 Å². The van der Waals surface area contributed by atoms with Crippen LogP contribution in [0.4, 0.5) is 0 Å². The first kappa shape index (κ1) is 14.7. The summed E-state index contributed by atoms with van der Waals surface area (Å²) in [5.74, 6) is 0. The Morgan fingerprint density at radius 1 is 1.25 bits per heavy atom. The Morgan fingerprint density at radius 3 is 2.70 bits per heavy atom. The third kappa shape index (κ3) is 4.15. The zero-order valence-corrected chi connectivity index (χ0v) is 12.3. The van der Waals surface area contributed by atoms with Gasteiger partial charge in [0.25, 0.3) is 0 Å². The molecule has 5 heteroatoms. The van der Waals surface area contributed by atoms with Crippen LogP contribution in [0.1, 0.15) is 26.5 Å². The Kier molecular flexibility index (Phi) is 4.87. The predicted octanol–water partition coefficient (Wildman–Crippen LogP) is 2.17. The summed E-state index contributed by atoms with van der Waals surface area (Å²) in [6.07, 6.45) is 1.79. The van der Waals surface area contributed by atoms with E-state index in [0.717, 1.165) is 24.5 Å². The Hall–Kier alpha value is -1.72.